The maximum atomic E-state index is 5.50. The Labute approximate surface area is 113 Å². The van der Waals surface area contributed by atoms with Gasteiger partial charge in [-0.05, 0) is 26.7 Å². The summed E-state index contributed by atoms with van der Waals surface area (Å²) >= 11 is 0. The van der Waals surface area contributed by atoms with Crippen molar-refractivity contribution >= 4 is 11.9 Å². The minimum Gasteiger partial charge on any atom is -0.463 e. The lowest BCUT2D eigenvalue weighted by molar-refractivity contribution is 0.287. The van der Waals surface area contributed by atoms with E-state index in [4.69, 9.17) is 10.6 Å². The van der Waals surface area contributed by atoms with Gasteiger partial charge in [0, 0.05) is 13.1 Å². The first-order chi connectivity index (χ1) is 9.24. The third kappa shape index (κ3) is 4.70. The first-order valence-electron chi connectivity index (χ1n) is 6.46. The molecule has 7 nitrogen and oxygen atoms in total. The molecule has 0 bridgehead atoms. The third-order valence-electron chi connectivity index (χ3n) is 2.56. The average Bonchev–Trinajstić information content (AvgIpc) is 2.45. The molecular formula is C12H22N6O. The standard InChI is InChI=1S/C12H22N6O/c1-4-7-8-9-19-12-15-10(17-13)14-11(16-12)18(5-2)6-3/h4H,1,5-9,13H2,2-3H3,(H,14,15,16,17). The summed E-state index contributed by atoms with van der Waals surface area (Å²) in [4.78, 5) is 14.6. The van der Waals surface area contributed by atoms with Crippen LogP contribution in [0.5, 0.6) is 6.01 Å². The summed E-state index contributed by atoms with van der Waals surface area (Å²) in [6, 6.07) is 0.286. The van der Waals surface area contributed by atoms with Crippen molar-refractivity contribution in [3.63, 3.8) is 0 Å². The molecule has 0 radical (unpaired) electrons. The molecular weight excluding hydrogens is 244 g/mol. The summed E-state index contributed by atoms with van der Waals surface area (Å²) in [5.74, 6) is 6.22. The number of rotatable bonds is 9. The minimum atomic E-state index is 0.286. The molecule has 0 unspecified atom stereocenters. The number of aromatic nitrogens is 3. The lowest BCUT2D eigenvalue weighted by Gasteiger charge is -2.19. The molecule has 1 heterocycles. The van der Waals surface area contributed by atoms with Crippen LogP contribution in [0.4, 0.5) is 11.9 Å². The van der Waals surface area contributed by atoms with Gasteiger partial charge in [-0.2, -0.15) is 15.0 Å². The van der Waals surface area contributed by atoms with E-state index in [1.807, 2.05) is 24.8 Å². The zero-order chi connectivity index (χ0) is 14.1. The molecule has 7 heteroatoms. The smallest absolute Gasteiger partial charge is 0.323 e. The Hall–Kier alpha value is -1.89. The van der Waals surface area contributed by atoms with E-state index in [2.05, 4.69) is 27.0 Å². The van der Waals surface area contributed by atoms with Gasteiger partial charge in [-0.15, -0.1) is 6.58 Å². The van der Waals surface area contributed by atoms with E-state index in [0.717, 1.165) is 25.9 Å². The van der Waals surface area contributed by atoms with E-state index < -0.39 is 0 Å². The number of nitrogens with zero attached hydrogens (tertiary/aromatic N) is 4. The summed E-state index contributed by atoms with van der Waals surface area (Å²) in [5, 5.41) is 0. The number of nitrogens with two attached hydrogens (primary N) is 1. The number of allylic oxidation sites excluding steroid dienone is 1. The first kappa shape index (κ1) is 15.2. The predicted octanol–water partition coefficient (Wildman–Crippen LogP) is 1.35. The van der Waals surface area contributed by atoms with Crippen LogP contribution in [0.25, 0.3) is 0 Å². The summed E-state index contributed by atoms with van der Waals surface area (Å²) in [5.41, 5.74) is 2.43. The van der Waals surface area contributed by atoms with E-state index >= 15 is 0 Å². The molecule has 106 valence electrons. The van der Waals surface area contributed by atoms with Crippen LogP contribution < -0.4 is 20.9 Å². The Bertz CT molecular complexity index is 394. The van der Waals surface area contributed by atoms with Crippen molar-refractivity contribution in [1.29, 1.82) is 0 Å². The molecule has 0 aliphatic carbocycles. The van der Waals surface area contributed by atoms with Crippen molar-refractivity contribution in [2.45, 2.75) is 26.7 Å². The topological polar surface area (TPSA) is 89.2 Å². The summed E-state index contributed by atoms with van der Waals surface area (Å²) in [7, 11) is 0. The molecule has 0 saturated carbocycles. The second-order valence-electron chi connectivity index (χ2n) is 3.84. The number of anilines is 2. The zero-order valence-corrected chi connectivity index (χ0v) is 11.6. The van der Waals surface area contributed by atoms with Gasteiger partial charge >= 0.3 is 6.01 Å². The van der Waals surface area contributed by atoms with E-state index in [-0.39, 0.29) is 6.01 Å². The Kier molecular flexibility index (Phi) is 6.59. The van der Waals surface area contributed by atoms with Crippen molar-refractivity contribution in [3.8, 4) is 6.01 Å². The van der Waals surface area contributed by atoms with Gasteiger partial charge in [-0.3, -0.25) is 5.43 Å². The maximum Gasteiger partial charge on any atom is 0.323 e. The maximum absolute atomic E-state index is 5.50. The number of nitrogen functional groups attached to an aromatic ring is 1. The number of unbranched alkanes of at least 4 members (excludes halogenated alkanes) is 1. The van der Waals surface area contributed by atoms with Gasteiger partial charge in [0.15, 0.2) is 0 Å². The quantitative estimate of drug-likeness (QED) is 0.302. The van der Waals surface area contributed by atoms with Crippen LogP contribution >= 0.6 is 0 Å². The van der Waals surface area contributed by atoms with Crippen molar-refractivity contribution < 1.29 is 4.74 Å². The van der Waals surface area contributed by atoms with Crippen LogP contribution in [0, 0.1) is 0 Å². The van der Waals surface area contributed by atoms with Gasteiger partial charge in [0.1, 0.15) is 0 Å². The number of ether oxygens (including phenoxy) is 1. The van der Waals surface area contributed by atoms with Crippen LogP contribution in [0.15, 0.2) is 12.7 Å². The molecule has 0 saturated heterocycles. The van der Waals surface area contributed by atoms with Crippen LogP contribution in [-0.2, 0) is 0 Å². The molecule has 1 aromatic heterocycles. The monoisotopic (exact) mass is 266 g/mol. The molecule has 0 amide bonds. The summed E-state index contributed by atoms with van der Waals surface area (Å²) in [6.45, 7) is 9.88. The fourth-order valence-electron chi connectivity index (χ4n) is 1.51. The number of hydrogen-bond donors (Lipinski definition) is 2. The number of nitrogens with one attached hydrogen (secondary N) is 1. The molecule has 0 spiro atoms. The van der Waals surface area contributed by atoms with Gasteiger partial charge in [0.2, 0.25) is 11.9 Å². The molecule has 0 aliphatic heterocycles. The van der Waals surface area contributed by atoms with Gasteiger partial charge in [-0.25, -0.2) is 5.84 Å². The third-order valence-corrected chi connectivity index (χ3v) is 2.56. The lowest BCUT2D eigenvalue weighted by atomic mass is 10.3. The highest BCUT2D eigenvalue weighted by Gasteiger charge is 2.11. The van der Waals surface area contributed by atoms with Crippen molar-refractivity contribution in [3.05, 3.63) is 12.7 Å². The van der Waals surface area contributed by atoms with E-state index in [0.29, 0.717) is 18.5 Å². The van der Waals surface area contributed by atoms with Crippen molar-refractivity contribution in [1.82, 2.24) is 15.0 Å². The molecule has 0 aromatic carbocycles. The molecule has 19 heavy (non-hydrogen) atoms. The van der Waals surface area contributed by atoms with E-state index in [1.165, 1.54) is 0 Å². The predicted molar refractivity (Wildman–Crippen MR) is 76.1 cm³/mol. The van der Waals surface area contributed by atoms with E-state index in [9.17, 15) is 0 Å². The lowest BCUT2D eigenvalue weighted by Crippen LogP contribution is -2.25. The van der Waals surface area contributed by atoms with Gasteiger partial charge in [-0.1, -0.05) is 6.08 Å². The largest absolute Gasteiger partial charge is 0.463 e. The van der Waals surface area contributed by atoms with Crippen LogP contribution in [0.2, 0.25) is 0 Å². The van der Waals surface area contributed by atoms with Crippen LogP contribution in [0.3, 0.4) is 0 Å². The van der Waals surface area contributed by atoms with E-state index in [1.54, 1.807) is 0 Å². The Morgan fingerprint density at radius 2 is 2.05 bits per heavy atom. The van der Waals surface area contributed by atoms with Crippen molar-refractivity contribution in [2.24, 2.45) is 5.84 Å². The molecule has 0 aliphatic rings. The summed E-state index contributed by atoms with van der Waals surface area (Å²) in [6.07, 6.45) is 3.63. The molecule has 1 rings (SSSR count). The van der Waals surface area contributed by atoms with Gasteiger partial charge in [0.05, 0.1) is 6.61 Å². The van der Waals surface area contributed by atoms with Crippen LogP contribution in [-0.4, -0.2) is 34.6 Å². The van der Waals surface area contributed by atoms with Gasteiger partial charge < -0.3 is 9.64 Å². The van der Waals surface area contributed by atoms with Crippen LogP contribution in [0.1, 0.15) is 26.7 Å². The zero-order valence-electron chi connectivity index (χ0n) is 11.6. The summed E-state index contributed by atoms with van der Waals surface area (Å²) < 4.78 is 5.50. The minimum absolute atomic E-state index is 0.286. The molecule has 0 fully saturated rings. The highest BCUT2D eigenvalue weighted by Crippen LogP contribution is 2.14. The fraction of sp³-hybridized carbons (Fsp3) is 0.583. The van der Waals surface area contributed by atoms with Gasteiger partial charge in [0.25, 0.3) is 0 Å². The second kappa shape index (κ2) is 8.25. The average molecular weight is 266 g/mol. The highest BCUT2D eigenvalue weighted by molar-refractivity contribution is 5.37. The molecule has 3 N–H and O–H groups in total. The number of hydrazine groups is 1. The molecule has 0 atom stereocenters. The fourth-order valence-corrected chi connectivity index (χ4v) is 1.51. The second-order valence-corrected chi connectivity index (χ2v) is 3.84. The normalized spacial score (nSPS) is 10.1. The Morgan fingerprint density at radius 1 is 1.32 bits per heavy atom. The SMILES string of the molecule is C=CCCCOc1nc(NN)nc(N(CC)CC)n1. The molecule has 1 aromatic rings. The Balaban J connectivity index is 2.79. The first-order valence-corrected chi connectivity index (χ1v) is 6.46. The highest BCUT2D eigenvalue weighted by atomic mass is 16.5. The van der Waals surface area contributed by atoms with Crippen molar-refractivity contribution in [2.75, 3.05) is 30.0 Å². The Morgan fingerprint density at radius 3 is 2.63 bits per heavy atom. The number of hydrogen-bond acceptors (Lipinski definition) is 7.